The Bertz CT molecular complexity index is 1480. The van der Waals surface area contributed by atoms with Gasteiger partial charge in [-0.25, -0.2) is 4.98 Å². The van der Waals surface area contributed by atoms with Gasteiger partial charge in [0.25, 0.3) is 0 Å². The molecule has 0 saturated carbocycles. The summed E-state index contributed by atoms with van der Waals surface area (Å²) in [6, 6.07) is 14.4. The number of ether oxygens (including phenoxy) is 4. The molecule has 12 heteroatoms. The van der Waals surface area contributed by atoms with Crippen LogP contribution < -0.4 is 9.47 Å². The van der Waals surface area contributed by atoms with Gasteiger partial charge in [0.2, 0.25) is 23.9 Å². The van der Waals surface area contributed by atoms with Crippen molar-refractivity contribution in [2.24, 2.45) is 5.10 Å². The molecule has 1 amide bonds. The van der Waals surface area contributed by atoms with Crippen molar-refractivity contribution >= 4 is 50.9 Å². The molecule has 1 aliphatic heterocycles. The smallest absolute Gasteiger partial charge is 0.243 e. The molecule has 0 fully saturated rings. The Morgan fingerprint density at radius 1 is 1.21 bits per heavy atom. The van der Waals surface area contributed by atoms with Crippen molar-refractivity contribution in [1.29, 1.82) is 5.26 Å². The summed E-state index contributed by atoms with van der Waals surface area (Å²) in [5, 5.41) is 16.3. The second kappa shape index (κ2) is 12.7. The first-order valence-corrected chi connectivity index (χ1v) is 13.2. The molecule has 0 radical (unpaired) electrons. The number of pyridine rings is 1. The van der Waals surface area contributed by atoms with Gasteiger partial charge in [0.15, 0.2) is 0 Å². The molecule has 0 saturated heterocycles. The van der Waals surface area contributed by atoms with Crippen LogP contribution in [0.2, 0.25) is 10.0 Å². The van der Waals surface area contributed by atoms with E-state index in [2.05, 4.69) is 32.1 Å². The number of hydrogen-bond acceptors (Lipinski definition) is 8. The number of hydrazone groups is 1. The highest BCUT2D eigenvalue weighted by atomic mass is 79.9. The number of carbonyl (C=O) groups excluding carboxylic acids is 1. The van der Waals surface area contributed by atoms with E-state index in [0.29, 0.717) is 37.1 Å². The number of aromatic nitrogens is 1. The van der Waals surface area contributed by atoms with Gasteiger partial charge in [0.05, 0.1) is 12.3 Å². The van der Waals surface area contributed by atoms with E-state index in [4.69, 9.17) is 42.1 Å². The highest BCUT2D eigenvalue weighted by Crippen LogP contribution is 2.31. The summed E-state index contributed by atoms with van der Waals surface area (Å²) in [4.78, 5) is 16.7. The van der Waals surface area contributed by atoms with Crippen LogP contribution in [0.5, 0.6) is 11.6 Å². The molecule has 39 heavy (non-hydrogen) atoms. The van der Waals surface area contributed by atoms with E-state index >= 15 is 0 Å². The largest absolute Gasteiger partial charge is 0.489 e. The Balaban J connectivity index is 1.49. The molecule has 0 spiro atoms. The minimum absolute atomic E-state index is 0.113. The van der Waals surface area contributed by atoms with Crippen LogP contribution in [0.3, 0.4) is 0 Å². The van der Waals surface area contributed by atoms with Crippen LogP contribution in [0, 0.1) is 18.3 Å². The summed E-state index contributed by atoms with van der Waals surface area (Å²) in [6.45, 7) is 3.46. The second-order valence-electron chi connectivity index (χ2n) is 8.42. The molecule has 9 nitrogen and oxygen atoms in total. The number of rotatable bonds is 9. The van der Waals surface area contributed by atoms with Crippen LogP contribution in [0.25, 0.3) is 0 Å². The number of benzene rings is 2. The Morgan fingerprint density at radius 3 is 2.69 bits per heavy atom. The van der Waals surface area contributed by atoms with Crippen LogP contribution in [0.1, 0.15) is 34.9 Å². The second-order valence-corrected chi connectivity index (χ2v) is 10.1. The molecular formula is C27H23BrCl2N4O5. The summed E-state index contributed by atoms with van der Waals surface area (Å²) < 4.78 is 23.7. The van der Waals surface area contributed by atoms with E-state index in [-0.39, 0.29) is 43.1 Å². The molecule has 0 N–H and O–H groups in total. The van der Waals surface area contributed by atoms with Crippen molar-refractivity contribution in [3.63, 3.8) is 0 Å². The fraction of sp³-hybridized carbons (Fsp3) is 0.259. The quantitative estimate of drug-likeness (QED) is 0.284. The molecule has 0 unspecified atom stereocenters. The Labute approximate surface area is 244 Å². The number of aryl methyl sites for hydroxylation is 1. The lowest BCUT2D eigenvalue weighted by atomic mass is 10.1. The van der Waals surface area contributed by atoms with Crippen LogP contribution in [0.15, 0.2) is 52.0 Å². The summed E-state index contributed by atoms with van der Waals surface area (Å²) >= 11 is 15.7. The highest BCUT2D eigenvalue weighted by molar-refractivity contribution is 9.10. The van der Waals surface area contributed by atoms with E-state index < -0.39 is 6.23 Å². The van der Waals surface area contributed by atoms with Gasteiger partial charge in [-0.2, -0.15) is 10.3 Å². The number of nitrogens with zero attached hydrogens (tertiary/aromatic N) is 4. The number of methoxy groups -OCH3 is 1. The van der Waals surface area contributed by atoms with Crippen molar-refractivity contribution in [2.45, 2.75) is 33.3 Å². The first-order valence-electron chi connectivity index (χ1n) is 11.6. The molecule has 3 aromatic rings. The minimum Gasteiger partial charge on any atom is -0.489 e. The maximum Gasteiger partial charge on any atom is 0.243 e. The van der Waals surface area contributed by atoms with Crippen LogP contribution in [0.4, 0.5) is 0 Å². The summed E-state index contributed by atoms with van der Waals surface area (Å²) in [5.41, 5.74) is 2.85. The van der Waals surface area contributed by atoms with Gasteiger partial charge in [0.1, 0.15) is 30.6 Å². The van der Waals surface area contributed by atoms with Crippen LogP contribution in [-0.2, 0) is 27.5 Å². The topological polar surface area (TPSA) is 106 Å². The van der Waals surface area contributed by atoms with E-state index in [1.165, 1.54) is 19.0 Å². The molecule has 4 rings (SSSR count). The first-order chi connectivity index (χ1) is 18.7. The van der Waals surface area contributed by atoms with Gasteiger partial charge >= 0.3 is 0 Å². The molecule has 2 heterocycles. The van der Waals surface area contributed by atoms with E-state index in [1.54, 1.807) is 49.4 Å². The van der Waals surface area contributed by atoms with Gasteiger partial charge in [-0.05, 0) is 53.2 Å². The van der Waals surface area contributed by atoms with Crippen molar-refractivity contribution in [3.05, 3.63) is 84.9 Å². The third kappa shape index (κ3) is 6.62. The average Bonchev–Trinajstić information content (AvgIpc) is 3.35. The number of carbonyl (C=O) groups is 1. The predicted octanol–water partition coefficient (Wildman–Crippen LogP) is 6.00. The zero-order valence-corrected chi connectivity index (χ0v) is 24.3. The molecule has 0 bridgehead atoms. The number of hydrogen-bond donors (Lipinski definition) is 0. The van der Waals surface area contributed by atoms with Crippen LogP contribution in [-0.4, -0.2) is 41.7 Å². The standard InChI is InChI=1S/C27H23BrCl2N4O5/c1-15-25(28)22(13-36-3)21(11-31)27(32-15)38-14-24-34(16(2)35)33-26(39-24)17-5-4-6-20(9-17)37-12-18-7-8-19(29)10-23(18)30/h4-10,24H,12-14H2,1-3H3/t24-/m1/s1. The molecule has 1 aromatic heterocycles. The lowest BCUT2D eigenvalue weighted by Crippen LogP contribution is -2.37. The number of halogens is 3. The lowest BCUT2D eigenvalue weighted by Gasteiger charge is -2.20. The molecule has 0 aliphatic carbocycles. The van der Waals surface area contributed by atoms with E-state index in [0.717, 1.165) is 5.56 Å². The molecule has 1 aliphatic rings. The summed E-state index contributed by atoms with van der Waals surface area (Å²) in [5.74, 6) is 0.540. The zero-order chi connectivity index (χ0) is 28.1. The number of nitriles is 1. The van der Waals surface area contributed by atoms with E-state index in [9.17, 15) is 10.1 Å². The van der Waals surface area contributed by atoms with E-state index in [1.807, 2.05) is 0 Å². The monoisotopic (exact) mass is 632 g/mol. The van der Waals surface area contributed by atoms with Gasteiger partial charge in [-0.1, -0.05) is 35.3 Å². The summed E-state index contributed by atoms with van der Waals surface area (Å²) in [6.07, 6.45) is -0.877. The van der Waals surface area contributed by atoms with Gasteiger partial charge in [0, 0.05) is 45.2 Å². The van der Waals surface area contributed by atoms with Crippen molar-refractivity contribution < 1.29 is 23.7 Å². The zero-order valence-electron chi connectivity index (χ0n) is 21.2. The van der Waals surface area contributed by atoms with Crippen molar-refractivity contribution in [3.8, 4) is 17.7 Å². The van der Waals surface area contributed by atoms with Gasteiger partial charge in [-0.3, -0.25) is 4.79 Å². The highest BCUT2D eigenvalue weighted by Gasteiger charge is 2.33. The molecular weight excluding hydrogens is 611 g/mol. The van der Waals surface area contributed by atoms with Gasteiger partial charge in [-0.15, -0.1) is 5.10 Å². The third-order valence-corrected chi connectivity index (χ3v) is 7.30. The maximum absolute atomic E-state index is 12.3. The minimum atomic E-state index is -0.877. The predicted molar refractivity (Wildman–Crippen MR) is 149 cm³/mol. The fourth-order valence-corrected chi connectivity index (χ4v) is 4.62. The maximum atomic E-state index is 12.3. The first kappa shape index (κ1) is 28.6. The third-order valence-electron chi connectivity index (χ3n) is 5.66. The molecule has 1 atom stereocenters. The van der Waals surface area contributed by atoms with Crippen molar-refractivity contribution in [1.82, 2.24) is 9.99 Å². The fourth-order valence-electron chi connectivity index (χ4n) is 3.75. The Hall–Kier alpha value is -3.36. The van der Waals surface area contributed by atoms with Crippen LogP contribution >= 0.6 is 39.1 Å². The summed E-state index contributed by atoms with van der Waals surface area (Å²) in [7, 11) is 1.53. The van der Waals surface area contributed by atoms with Crippen molar-refractivity contribution in [2.75, 3.05) is 13.7 Å². The van der Waals surface area contributed by atoms with Gasteiger partial charge < -0.3 is 18.9 Å². The molecule has 202 valence electrons. The Morgan fingerprint density at radius 2 is 2.00 bits per heavy atom. The molecule has 2 aromatic carbocycles. The Kier molecular flexibility index (Phi) is 9.30. The number of amides is 1. The average molecular weight is 634 g/mol. The normalized spacial score (nSPS) is 14.4. The lowest BCUT2D eigenvalue weighted by molar-refractivity contribution is -0.136. The SMILES string of the molecule is COCc1c(Br)c(C)nc(OC[C@H]2OC(c3cccc(OCc4ccc(Cl)cc4Cl)c3)=NN2C(C)=O)c1C#N.